The van der Waals surface area contributed by atoms with Crippen LogP contribution in [0.15, 0.2) is 36.7 Å². The largest absolute Gasteiger partial charge is 0.492 e. The Labute approximate surface area is 155 Å². The maximum absolute atomic E-state index is 9.42. The summed E-state index contributed by atoms with van der Waals surface area (Å²) in [4.78, 5) is 13.1. The average Bonchev–Trinajstić information content (AvgIpc) is 2.69. The van der Waals surface area contributed by atoms with Crippen LogP contribution in [0, 0.1) is 12.8 Å². The van der Waals surface area contributed by atoms with Crippen molar-refractivity contribution in [3.63, 3.8) is 0 Å². The van der Waals surface area contributed by atoms with E-state index < -0.39 is 0 Å². The van der Waals surface area contributed by atoms with E-state index in [1.54, 1.807) is 6.33 Å². The van der Waals surface area contributed by atoms with Gasteiger partial charge < -0.3 is 19.6 Å². The number of aliphatic hydroxyl groups excluding tert-OH is 1. The average molecular weight is 356 g/mol. The van der Waals surface area contributed by atoms with E-state index in [-0.39, 0.29) is 6.61 Å². The molecule has 1 aromatic carbocycles. The van der Waals surface area contributed by atoms with Gasteiger partial charge in [0.1, 0.15) is 30.3 Å². The number of aryl methyl sites for hydroxylation is 1. The summed E-state index contributed by atoms with van der Waals surface area (Å²) >= 11 is 0. The van der Waals surface area contributed by atoms with Crippen molar-refractivity contribution in [1.82, 2.24) is 9.97 Å². The minimum Gasteiger partial charge on any atom is -0.492 e. The fourth-order valence-electron chi connectivity index (χ4n) is 3.19. The van der Waals surface area contributed by atoms with Gasteiger partial charge in [0, 0.05) is 32.8 Å². The molecule has 6 heteroatoms. The molecule has 3 rings (SSSR count). The number of rotatable bonds is 7. The monoisotopic (exact) mass is 356 g/mol. The number of benzene rings is 1. The third-order valence-corrected chi connectivity index (χ3v) is 4.85. The quantitative estimate of drug-likeness (QED) is 0.822. The highest BCUT2D eigenvalue weighted by atomic mass is 16.5. The van der Waals surface area contributed by atoms with Crippen LogP contribution in [0.25, 0.3) is 0 Å². The number of ether oxygens (including phenoxy) is 1. The van der Waals surface area contributed by atoms with Gasteiger partial charge in [0.2, 0.25) is 0 Å². The molecule has 1 atom stereocenters. The first-order chi connectivity index (χ1) is 12.7. The molecule has 0 spiro atoms. The number of aromatic nitrogens is 2. The van der Waals surface area contributed by atoms with Crippen LogP contribution in [-0.4, -0.2) is 55.0 Å². The first-order valence-corrected chi connectivity index (χ1v) is 9.24. The van der Waals surface area contributed by atoms with Crippen molar-refractivity contribution in [3.05, 3.63) is 42.2 Å². The molecule has 1 saturated heterocycles. The molecule has 2 heterocycles. The number of hydrogen-bond donors (Lipinski definition) is 1. The molecule has 1 fully saturated rings. The molecule has 140 valence electrons. The molecule has 2 aromatic rings. The molecule has 1 unspecified atom stereocenters. The van der Waals surface area contributed by atoms with Crippen LogP contribution in [0.2, 0.25) is 0 Å². The fraction of sp³-hybridized carbons (Fsp3) is 0.500. The lowest BCUT2D eigenvalue weighted by Gasteiger charge is -2.33. The van der Waals surface area contributed by atoms with E-state index in [9.17, 15) is 5.11 Å². The molecule has 1 aromatic heterocycles. The van der Waals surface area contributed by atoms with E-state index in [1.807, 2.05) is 37.4 Å². The number of anilines is 2. The lowest BCUT2D eigenvalue weighted by Crippen LogP contribution is -2.37. The van der Waals surface area contributed by atoms with Crippen molar-refractivity contribution in [2.75, 3.05) is 49.7 Å². The Balaban J connectivity index is 1.55. The maximum Gasteiger partial charge on any atom is 0.134 e. The van der Waals surface area contributed by atoms with E-state index >= 15 is 0 Å². The molecular weight excluding hydrogens is 328 g/mol. The molecule has 1 aliphatic heterocycles. The van der Waals surface area contributed by atoms with Crippen molar-refractivity contribution in [2.24, 2.45) is 5.92 Å². The van der Waals surface area contributed by atoms with Crippen molar-refractivity contribution in [1.29, 1.82) is 0 Å². The Morgan fingerprint density at radius 2 is 2.08 bits per heavy atom. The summed E-state index contributed by atoms with van der Waals surface area (Å²) in [7, 11) is 2.01. The zero-order valence-electron chi connectivity index (χ0n) is 15.6. The molecule has 0 saturated carbocycles. The van der Waals surface area contributed by atoms with Gasteiger partial charge in [0.05, 0.1) is 6.54 Å². The van der Waals surface area contributed by atoms with Gasteiger partial charge in [0.25, 0.3) is 0 Å². The summed E-state index contributed by atoms with van der Waals surface area (Å²) in [6, 6.07) is 10.1. The van der Waals surface area contributed by atoms with Crippen LogP contribution in [0.5, 0.6) is 5.75 Å². The molecular formula is C20H28N4O2. The van der Waals surface area contributed by atoms with Gasteiger partial charge in [-0.2, -0.15) is 0 Å². The zero-order chi connectivity index (χ0) is 18.4. The Bertz CT molecular complexity index is 692. The van der Waals surface area contributed by atoms with Crippen molar-refractivity contribution >= 4 is 11.6 Å². The van der Waals surface area contributed by atoms with Gasteiger partial charge >= 0.3 is 0 Å². The summed E-state index contributed by atoms with van der Waals surface area (Å²) < 4.78 is 5.81. The second kappa shape index (κ2) is 8.85. The number of piperidine rings is 1. The Hall–Kier alpha value is -2.34. The van der Waals surface area contributed by atoms with Crippen LogP contribution in [0.3, 0.4) is 0 Å². The summed E-state index contributed by atoms with van der Waals surface area (Å²) in [5.41, 5.74) is 1.23. The Morgan fingerprint density at radius 3 is 2.85 bits per heavy atom. The highest BCUT2D eigenvalue weighted by molar-refractivity contribution is 5.50. The Kier molecular flexibility index (Phi) is 6.28. The van der Waals surface area contributed by atoms with Gasteiger partial charge in [-0.1, -0.05) is 17.7 Å². The minimum absolute atomic E-state index is 0.241. The zero-order valence-corrected chi connectivity index (χ0v) is 15.6. The van der Waals surface area contributed by atoms with E-state index in [0.717, 1.165) is 49.9 Å². The number of likely N-dealkylation sites (N-methyl/N-ethyl adjacent to an activating group) is 1. The first kappa shape index (κ1) is 18.5. The lowest BCUT2D eigenvalue weighted by molar-refractivity contribution is 0.208. The van der Waals surface area contributed by atoms with Crippen LogP contribution in [0.4, 0.5) is 11.6 Å². The lowest BCUT2D eigenvalue weighted by atomic mass is 9.99. The second-order valence-electron chi connectivity index (χ2n) is 6.95. The fourth-order valence-corrected chi connectivity index (χ4v) is 3.19. The van der Waals surface area contributed by atoms with Crippen LogP contribution in [-0.2, 0) is 0 Å². The Morgan fingerprint density at radius 1 is 1.27 bits per heavy atom. The second-order valence-corrected chi connectivity index (χ2v) is 6.95. The number of nitrogens with zero attached hydrogens (tertiary/aromatic N) is 4. The van der Waals surface area contributed by atoms with Gasteiger partial charge in [-0.15, -0.1) is 0 Å². The maximum atomic E-state index is 9.42. The predicted octanol–water partition coefficient (Wildman–Crippen LogP) is 2.51. The normalized spacial score (nSPS) is 17.2. The molecule has 26 heavy (non-hydrogen) atoms. The molecule has 0 amide bonds. The van der Waals surface area contributed by atoms with Crippen LogP contribution in [0.1, 0.15) is 18.4 Å². The smallest absolute Gasteiger partial charge is 0.134 e. The standard InChI is InChI=1S/C20H28N4O2/c1-16-5-7-18(8-6-16)26-11-10-23(2)19-12-20(22-15-21-19)24-9-3-4-17(13-24)14-25/h5-8,12,15,17,25H,3-4,9-11,13-14H2,1-2H3. The van der Waals surface area contributed by atoms with Crippen molar-refractivity contribution in [2.45, 2.75) is 19.8 Å². The minimum atomic E-state index is 0.241. The van der Waals surface area contributed by atoms with E-state index in [0.29, 0.717) is 12.5 Å². The van der Waals surface area contributed by atoms with E-state index in [2.05, 4.69) is 26.7 Å². The molecule has 0 radical (unpaired) electrons. The van der Waals surface area contributed by atoms with E-state index in [4.69, 9.17) is 4.74 Å². The predicted molar refractivity (Wildman–Crippen MR) is 104 cm³/mol. The summed E-state index contributed by atoms with van der Waals surface area (Å²) in [5, 5.41) is 9.42. The molecule has 0 bridgehead atoms. The summed E-state index contributed by atoms with van der Waals surface area (Å²) in [6.07, 6.45) is 3.79. The van der Waals surface area contributed by atoms with Crippen molar-refractivity contribution in [3.8, 4) is 5.75 Å². The highest BCUT2D eigenvalue weighted by Gasteiger charge is 2.20. The molecule has 0 aliphatic carbocycles. The van der Waals surface area contributed by atoms with Crippen LogP contribution >= 0.6 is 0 Å². The number of aliphatic hydroxyl groups is 1. The third kappa shape index (κ3) is 4.85. The van der Waals surface area contributed by atoms with E-state index in [1.165, 1.54) is 5.56 Å². The highest BCUT2D eigenvalue weighted by Crippen LogP contribution is 2.23. The van der Waals surface area contributed by atoms with Crippen LogP contribution < -0.4 is 14.5 Å². The SMILES string of the molecule is Cc1ccc(OCCN(C)c2cc(N3CCCC(CO)C3)ncn2)cc1. The molecule has 6 nitrogen and oxygen atoms in total. The first-order valence-electron chi connectivity index (χ1n) is 9.24. The van der Waals surface area contributed by atoms with Gasteiger partial charge in [-0.3, -0.25) is 0 Å². The van der Waals surface area contributed by atoms with Gasteiger partial charge in [0.15, 0.2) is 0 Å². The van der Waals surface area contributed by atoms with Gasteiger partial charge in [-0.25, -0.2) is 9.97 Å². The number of hydrogen-bond acceptors (Lipinski definition) is 6. The summed E-state index contributed by atoms with van der Waals surface area (Å²) in [5.74, 6) is 3.03. The third-order valence-electron chi connectivity index (χ3n) is 4.85. The molecule has 1 N–H and O–H groups in total. The molecule has 1 aliphatic rings. The summed E-state index contributed by atoms with van der Waals surface area (Å²) in [6.45, 7) is 5.47. The topological polar surface area (TPSA) is 61.7 Å². The van der Waals surface area contributed by atoms with Crippen molar-refractivity contribution < 1.29 is 9.84 Å². The van der Waals surface area contributed by atoms with Gasteiger partial charge in [-0.05, 0) is 37.8 Å².